The Morgan fingerprint density at radius 2 is 2.24 bits per heavy atom. The van der Waals surface area contributed by atoms with Crippen LogP contribution in [-0.2, 0) is 6.61 Å². The van der Waals surface area contributed by atoms with E-state index in [1.807, 2.05) is 0 Å². The summed E-state index contributed by atoms with van der Waals surface area (Å²) in [4.78, 5) is 12.6. The molecule has 2 rings (SSSR count). The van der Waals surface area contributed by atoms with Crippen LogP contribution in [0.3, 0.4) is 0 Å². The van der Waals surface area contributed by atoms with Crippen molar-refractivity contribution in [3.8, 4) is 0 Å². The van der Waals surface area contributed by atoms with Crippen molar-refractivity contribution in [2.24, 2.45) is 0 Å². The van der Waals surface area contributed by atoms with Crippen LogP contribution >= 0.6 is 11.6 Å². The minimum Gasteiger partial charge on any atom is -0.391 e. The summed E-state index contributed by atoms with van der Waals surface area (Å²) in [6.45, 7) is 4.86. The molecule has 17 heavy (non-hydrogen) atoms. The van der Waals surface area contributed by atoms with E-state index in [0.29, 0.717) is 16.8 Å². The van der Waals surface area contributed by atoms with Gasteiger partial charge in [-0.05, 0) is 14.0 Å². The van der Waals surface area contributed by atoms with Crippen LogP contribution in [0.2, 0.25) is 5.15 Å². The van der Waals surface area contributed by atoms with Gasteiger partial charge in [-0.15, -0.1) is 0 Å². The Morgan fingerprint density at radius 3 is 2.88 bits per heavy atom. The van der Waals surface area contributed by atoms with E-state index in [-0.39, 0.29) is 6.61 Å². The zero-order valence-electron chi connectivity index (χ0n) is 10.1. The van der Waals surface area contributed by atoms with Crippen LogP contribution in [0.25, 0.3) is 0 Å². The third kappa shape index (κ3) is 2.51. The van der Waals surface area contributed by atoms with Crippen molar-refractivity contribution in [3.05, 3.63) is 17.0 Å². The van der Waals surface area contributed by atoms with Crippen LogP contribution < -0.4 is 4.90 Å². The van der Waals surface area contributed by atoms with Crippen molar-refractivity contribution in [1.29, 1.82) is 0 Å². The normalized spacial score (nSPS) is 21.9. The summed E-state index contributed by atoms with van der Waals surface area (Å²) in [5.41, 5.74) is 0.616. The predicted molar refractivity (Wildman–Crippen MR) is 67.3 cm³/mol. The summed E-state index contributed by atoms with van der Waals surface area (Å²) in [6, 6.07) is 0.352. The highest BCUT2D eigenvalue weighted by Gasteiger charge is 2.25. The van der Waals surface area contributed by atoms with Gasteiger partial charge < -0.3 is 14.9 Å². The maximum absolute atomic E-state index is 9.37. The number of aliphatic hydroxyl groups excluding tert-OH is 1. The van der Waals surface area contributed by atoms with Gasteiger partial charge in [0, 0.05) is 25.7 Å². The Balaban J connectivity index is 2.30. The molecule has 1 fully saturated rings. The second kappa shape index (κ2) is 5.16. The first-order valence-electron chi connectivity index (χ1n) is 5.69. The molecule has 6 heteroatoms. The van der Waals surface area contributed by atoms with Crippen LogP contribution in [0, 0.1) is 0 Å². The molecule has 0 saturated carbocycles. The number of hydrogen-bond acceptors (Lipinski definition) is 5. The molecule has 5 nitrogen and oxygen atoms in total. The van der Waals surface area contributed by atoms with Crippen molar-refractivity contribution >= 4 is 17.4 Å². The fourth-order valence-electron chi connectivity index (χ4n) is 2.22. The van der Waals surface area contributed by atoms with Crippen LogP contribution in [0.4, 0.5) is 5.82 Å². The van der Waals surface area contributed by atoms with E-state index in [2.05, 4.69) is 33.7 Å². The lowest BCUT2D eigenvalue weighted by atomic mass is 10.1. The molecule has 94 valence electrons. The van der Waals surface area contributed by atoms with E-state index in [9.17, 15) is 5.11 Å². The highest BCUT2D eigenvalue weighted by atomic mass is 35.5. The van der Waals surface area contributed by atoms with Crippen molar-refractivity contribution in [2.75, 3.05) is 31.6 Å². The number of aromatic nitrogens is 2. The fourth-order valence-corrected chi connectivity index (χ4v) is 2.41. The van der Waals surface area contributed by atoms with Crippen LogP contribution in [-0.4, -0.2) is 52.7 Å². The van der Waals surface area contributed by atoms with Gasteiger partial charge in [0.2, 0.25) is 0 Å². The van der Waals surface area contributed by atoms with Crippen molar-refractivity contribution in [1.82, 2.24) is 14.9 Å². The standard InChI is InChI=1S/C11H17ClN4O/c1-8-5-15(2)3-4-16(8)11-9(6-17)10(12)13-7-14-11/h7-8,17H,3-6H2,1-2H3. The quantitative estimate of drug-likeness (QED) is 0.792. The number of nitrogens with zero attached hydrogens (tertiary/aromatic N) is 4. The third-order valence-corrected chi connectivity index (χ3v) is 3.46. The second-order valence-corrected chi connectivity index (χ2v) is 4.79. The zero-order valence-corrected chi connectivity index (χ0v) is 10.9. The first-order chi connectivity index (χ1) is 8.13. The number of rotatable bonds is 2. The number of hydrogen-bond donors (Lipinski definition) is 1. The molecule has 0 aromatic carbocycles. The summed E-state index contributed by atoms with van der Waals surface area (Å²) >= 11 is 5.98. The van der Waals surface area contributed by atoms with Crippen molar-refractivity contribution in [3.63, 3.8) is 0 Å². The zero-order chi connectivity index (χ0) is 12.4. The van der Waals surface area contributed by atoms with Crippen LogP contribution in [0.15, 0.2) is 6.33 Å². The summed E-state index contributed by atoms with van der Waals surface area (Å²) in [7, 11) is 2.10. The molecule has 1 atom stereocenters. The molecular weight excluding hydrogens is 240 g/mol. The molecule has 2 heterocycles. The summed E-state index contributed by atoms with van der Waals surface area (Å²) in [5.74, 6) is 0.758. The molecule has 0 bridgehead atoms. The van der Waals surface area contributed by atoms with E-state index in [1.54, 1.807) is 0 Å². The lowest BCUT2D eigenvalue weighted by molar-refractivity contribution is 0.267. The molecule has 1 N–H and O–H groups in total. The Labute approximate surface area is 106 Å². The number of piperazine rings is 1. The first kappa shape index (κ1) is 12.5. The van der Waals surface area contributed by atoms with Gasteiger partial charge >= 0.3 is 0 Å². The topological polar surface area (TPSA) is 52.5 Å². The van der Waals surface area contributed by atoms with Crippen molar-refractivity contribution < 1.29 is 5.11 Å². The molecule has 1 aromatic heterocycles. The molecule has 1 aliphatic heterocycles. The molecule has 1 saturated heterocycles. The van der Waals surface area contributed by atoms with Crippen LogP contribution in [0.1, 0.15) is 12.5 Å². The molecule has 1 unspecified atom stereocenters. The van der Waals surface area contributed by atoms with Gasteiger partial charge in [-0.3, -0.25) is 0 Å². The molecule has 1 aliphatic rings. The number of anilines is 1. The second-order valence-electron chi connectivity index (χ2n) is 4.43. The first-order valence-corrected chi connectivity index (χ1v) is 6.06. The highest BCUT2D eigenvalue weighted by Crippen LogP contribution is 2.26. The Kier molecular flexibility index (Phi) is 3.81. The van der Waals surface area contributed by atoms with E-state index < -0.39 is 0 Å². The van der Waals surface area contributed by atoms with Gasteiger partial charge in [0.1, 0.15) is 17.3 Å². The van der Waals surface area contributed by atoms with Crippen LogP contribution in [0.5, 0.6) is 0 Å². The van der Waals surface area contributed by atoms with Gasteiger partial charge in [0.05, 0.1) is 12.2 Å². The Hall–Kier alpha value is -0.910. The molecule has 0 amide bonds. The minimum absolute atomic E-state index is 0.131. The minimum atomic E-state index is -0.131. The summed E-state index contributed by atoms with van der Waals surface area (Å²) < 4.78 is 0. The number of likely N-dealkylation sites (N-methyl/N-ethyl adjacent to an activating group) is 1. The predicted octanol–water partition coefficient (Wildman–Crippen LogP) is 0.763. The lowest BCUT2D eigenvalue weighted by Crippen LogP contribution is -2.51. The Bertz CT molecular complexity index is 401. The van der Waals surface area contributed by atoms with Gasteiger partial charge in [-0.2, -0.15) is 0 Å². The van der Waals surface area contributed by atoms with E-state index in [0.717, 1.165) is 25.5 Å². The van der Waals surface area contributed by atoms with E-state index >= 15 is 0 Å². The fraction of sp³-hybridized carbons (Fsp3) is 0.636. The summed E-state index contributed by atoms with van der Waals surface area (Å²) in [6.07, 6.45) is 1.45. The van der Waals surface area contributed by atoms with E-state index in [1.165, 1.54) is 6.33 Å². The SMILES string of the molecule is CC1CN(C)CCN1c1ncnc(Cl)c1CO. The highest BCUT2D eigenvalue weighted by molar-refractivity contribution is 6.30. The van der Waals surface area contributed by atoms with Gasteiger partial charge in [-0.25, -0.2) is 9.97 Å². The average Bonchev–Trinajstić information content (AvgIpc) is 2.29. The summed E-state index contributed by atoms with van der Waals surface area (Å²) in [5, 5.41) is 9.70. The average molecular weight is 257 g/mol. The largest absolute Gasteiger partial charge is 0.391 e. The number of aliphatic hydroxyl groups is 1. The van der Waals surface area contributed by atoms with Gasteiger partial charge in [0.25, 0.3) is 0 Å². The Morgan fingerprint density at radius 1 is 1.47 bits per heavy atom. The monoisotopic (exact) mass is 256 g/mol. The third-order valence-electron chi connectivity index (χ3n) is 3.13. The van der Waals surface area contributed by atoms with E-state index in [4.69, 9.17) is 11.6 Å². The number of halogens is 1. The molecular formula is C11H17ClN4O. The maximum atomic E-state index is 9.37. The smallest absolute Gasteiger partial charge is 0.140 e. The molecule has 0 aliphatic carbocycles. The van der Waals surface area contributed by atoms with Gasteiger partial charge in [0.15, 0.2) is 0 Å². The molecule has 1 aromatic rings. The maximum Gasteiger partial charge on any atom is 0.140 e. The molecule has 0 radical (unpaired) electrons. The van der Waals surface area contributed by atoms with Crippen molar-refractivity contribution in [2.45, 2.75) is 19.6 Å². The lowest BCUT2D eigenvalue weighted by Gasteiger charge is -2.39. The molecule has 0 spiro atoms. The van der Waals surface area contributed by atoms with Gasteiger partial charge in [-0.1, -0.05) is 11.6 Å².